The summed E-state index contributed by atoms with van der Waals surface area (Å²) in [5.41, 5.74) is 0.249. The van der Waals surface area contributed by atoms with Crippen molar-refractivity contribution in [3.63, 3.8) is 0 Å². The second-order valence-electron chi connectivity index (χ2n) is 6.64. The largest absolute Gasteiger partial charge is 0.315 e. The van der Waals surface area contributed by atoms with Gasteiger partial charge in [-0.25, -0.2) is 4.72 Å². The van der Waals surface area contributed by atoms with Crippen molar-refractivity contribution in [2.45, 2.75) is 64.8 Å². The highest BCUT2D eigenvalue weighted by atomic mass is 32.2. The lowest BCUT2D eigenvalue weighted by Gasteiger charge is -2.35. The summed E-state index contributed by atoms with van der Waals surface area (Å²) in [6, 6.07) is 0.111. The Labute approximate surface area is 130 Å². The molecule has 1 saturated heterocycles. The van der Waals surface area contributed by atoms with E-state index in [0.717, 1.165) is 58.0 Å². The third kappa shape index (κ3) is 4.65. The summed E-state index contributed by atoms with van der Waals surface area (Å²) in [7, 11) is -3.33. The molecule has 1 atom stereocenters. The fraction of sp³-hybridized carbons (Fsp3) is 1.00. The highest BCUT2D eigenvalue weighted by Gasteiger charge is 2.42. The van der Waals surface area contributed by atoms with Crippen LogP contribution in [0.5, 0.6) is 0 Å². The maximum Gasteiger partial charge on any atom is 0.279 e. The summed E-state index contributed by atoms with van der Waals surface area (Å²) < 4.78 is 29.8. The van der Waals surface area contributed by atoms with Crippen molar-refractivity contribution in [3.05, 3.63) is 0 Å². The van der Waals surface area contributed by atoms with Crippen molar-refractivity contribution in [1.82, 2.24) is 14.3 Å². The Morgan fingerprint density at radius 3 is 2.62 bits per heavy atom. The molecule has 1 heterocycles. The minimum absolute atomic E-state index is 0.111. The van der Waals surface area contributed by atoms with Gasteiger partial charge < -0.3 is 5.32 Å². The van der Waals surface area contributed by atoms with E-state index in [0.29, 0.717) is 13.1 Å². The minimum atomic E-state index is -3.33. The molecule has 2 N–H and O–H groups in total. The summed E-state index contributed by atoms with van der Waals surface area (Å²) in [4.78, 5) is 0. The topological polar surface area (TPSA) is 61.4 Å². The van der Waals surface area contributed by atoms with Gasteiger partial charge in [-0.3, -0.25) is 0 Å². The van der Waals surface area contributed by atoms with Crippen molar-refractivity contribution in [1.29, 1.82) is 0 Å². The molecule has 5 nitrogen and oxygen atoms in total. The maximum atomic E-state index is 12.6. The maximum absolute atomic E-state index is 12.6. The van der Waals surface area contributed by atoms with E-state index in [4.69, 9.17) is 0 Å². The predicted molar refractivity (Wildman–Crippen MR) is 86.4 cm³/mol. The molecule has 0 radical (unpaired) electrons. The Hall–Kier alpha value is -0.170. The molecule has 2 aliphatic rings. The van der Waals surface area contributed by atoms with Crippen molar-refractivity contribution in [2.24, 2.45) is 5.41 Å². The standard InChI is InChI=1S/C15H31N3O2S/c1-3-10-16-12-14-7-5-6-11-18(14)21(19,20)17-13-15(4-2)8-9-15/h14,16-17H,3-13H2,1-2H3. The average molecular weight is 317 g/mol. The van der Waals surface area contributed by atoms with Crippen LogP contribution in [-0.4, -0.2) is 44.9 Å². The zero-order valence-corrected chi connectivity index (χ0v) is 14.3. The predicted octanol–water partition coefficient (Wildman–Crippen LogP) is 1.87. The number of nitrogens with zero attached hydrogens (tertiary/aromatic N) is 1. The lowest BCUT2D eigenvalue weighted by atomic mass is 10.1. The number of nitrogens with one attached hydrogen (secondary N) is 2. The van der Waals surface area contributed by atoms with Crippen LogP contribution in [0.4, 0.5) is 0 Å². The van der Waals surface area contributed by atoms with Crippen LogP contribution in [0.3, 0.4) is 0 Å². The molecule has 0 spiro atoms. The zero-order valence-electron chi connectivity index (χ0n) is 13.5. The van der Waals surface area contributed by atoms with Crippen LogP contribution in [0.2, 0.25) is 0 Å². The van der Waals surface area contributed by atoms with Gasteiger partial charge in [0.1, 0.15) is 0 Å². The Kier molecular flexibility index (Phi) is 6.05. The molecule has 0 aromatic carbocycles. The lowest BCUT2D eigenvalue weighted by Crippen LogP contribution is -2.53. The SMILES string of the molecule is CCCNCC1CCCCN1S(=O)(=O)NCC1(CC)CC1. The molecular weight excluding hydrogens is 286 g/mol. The zero-order chi connectivity index (χ0) is 15.3. The van der Waals surface area contributed by atoms with Crippen molar-refractivity contribution >= 4 is 10.2 Å². The van der Waals surface area contributed by atoms with Gasteiger partial charge in [-0.15, -0.1) is 0 Å². The fourth-order valence-corrected chi connectivity index (χ4v) is 4.70. The van der Waals surface area contributed by atoms with Crippen LogP contribution in [0.25, 0.3) is 0 Å². The minimum Gasteiger partial charge on any atom is -0.315 e. The van der Waals surface area contributed by atoms with Crippen LogP contribution in [-0.2, 0) is 10.2 Å². The first-order chi connectivity index (χ1) is 10.0. The Morgan fingerprint density at radius 1 is 1.24 bits per heavy atom. The summed E-state index contributed by atoms with van der Waals surface area (Å²) >= 11 is 0. The molecule has 1 unspecified atom stereocenters. The van der Waals surface area contributed by atoms with Gasteiger partial charge >= 0.3 is 0 Å². The lowest BCUT2D eigenvalue weighted by molar-refractivity contribution is 0.242. The second-order valence-corrected chi connectivity index (χ2v) is 8.35. The normalized spacial score (nSPS) is 25.9. The van der Waals surface area contributed by atoms with Crippen LogP contribution in [0, 0.1) is 5.41 Å². The molecule has 0 aromatic rings. The summed E-state index contributed by atoms with van der Waals surface area (Å²) in [5, 5.41) is 3.37. The molecule has 1 aliphatic carbocycles. The molecule has 124 valence electrons. The quantitative estimate of drug-likeness (QED) is 0.638. The Morgan fingerprint density at radius 2 is 2.00 bits per heavy atom. The second kappa shape index (κ2) is 7.40. The van der Waals surface area contributed by atoms with Crippen LogP contribution >= 0.6 is 0 Å². The van der Waals surface area contributed by atoms with Gasteiger partial charge in [-0.2, -0.15) is 12.7 Å². The average Bonchev–Trinajstić information content (AvgIpc) is 3.27. The molecule has 1 aliphatic heterocycles. The summed E-state index contributed by atoms with van der Waals surface area (Å²) in [5.74, 6) is 0. The molecule has 0 aromatic heterocycles. The monoisotopic (exact) mass is 317 g/mol. The molecule has 2 rings (SSSR count). The van der Waals surface area contributed by atoms with E-state index in [1.54, 1.807) is 4.31 Å². The fourth-order valence-electron chi connectivity index (χ4n) is 3.10. The van der Waals surface area contributed by atoms with Gasteiger partial charge in [-0.1, -0.05) is 20.3 Å². The van der Waals surface area contributed by atoms with Gasteiger partial charge in [0.15, 0.2) is 0 Å². The highest BCUT2D eigenvalue weighted by molar-refractivity contribution is 7.87. The summed E-state index contributed by atoms with van der Waals surface area (Å²) in [6.45, 7) is 7.28. The third-order valence-corrected chi connectivity index (χ3v) is 6.63. The molecular formula is C15H31N3O2S. The van der Waals surface area contributed by atoms with Gasteiger partial charge in [0.05, 0.1) is 0 Å². The van der Waals surface area contributed by atoms with E-state index in [1.807, 2.05) is 0 Å². The van der Waals surface area contributed by atoms with Crippen molar-refractivity contribution in [3.8, 4) is 0 Å². The smallest absolute Gasteiger partial charge is 0.279 e. The van der Waals surface area contributed by atoms with Crippen LogP contribution in [0.15, 0.2) is 0 Å². The van der Waals surface area contributed by atoms with E-state index in [2.05, 4.69) is 23.9 Å². The van der Waals surface area contributed by atoms with E-state index < -0.39 is 10.2 Å². The summed E-state index contributed by atoms with van der Waals surface area (Å²) in [6.07, 6.45) is 7.54. The first-order valence-corrected chi connectivity index (χ1v) is 9.94. The number of hydrogen-bond donors (Lipinski definition) is 2. The highest BCUT2D eigenvalue weighted by Crippen LogP contribution is 2.48. The number of rotatable bonds is 9. The third-order valence-electron chi connectivity index (χ3n) is 5.03. The van der Waals surface area contributed by atoms with Crippen LogP contribution < -0.4 is 10.0 Å². The number of piperidine rings is 1. The van der Waals surface area contributed by atoms with E-state index in [-0.39, 0.29) is 11.5 Å². The van der Waals surface area contributed by atoms with E-state index >= 15 is 0 Å². The molecule has 0 bridgehead atoms. The van der Waals surface area contributed by atoms with E-state index in [9.17, 15) is 8.42 Å². The van der Waals surface area contributed by atoms with Gasteiger partial charge in [0.2, 0.25) is 0 Å². The molecule has 0 amide bonds. The first-order valence-electron chi connectivity index (χ1n) is 8.50. The number of hydrogen-bond acceptors (Lipinski definition) is 3. The molecule has 2 fully saturated rings. The van der Waals surface area contributed by atoms with Gasteiger partial charge in [0.25, 0.3) is 10.2 Å². The van der Waals surface area contributed by atoms with Crippen molar-refractivity contribution < 1.29 is 8.42 Å². The Balaban J connectivity index is 1.91. The van der Waals surface area contributed by atoms with Gasteiger partial charge in [0, 0.05) is 25.7 Å². The van der Waals surface area contributed by atoms with E-state index in [1.165, 1.54) is 0 Å². The molecule has 6 heteroatoms. The Bertz CT molecular complexity index is 421. The van der Waals surface area contributed by atoms with Crippen molar-refractivity contribution in [2.75, 3.05) is 26.2 Å². The molecule has 21 heavy (non-hydrogen) atoms. The first kappa shape index (κ1) is 17.2. The van der Waals surface area contributed by atoms with Gasteiger partial charge in [-0.05, 0) is 50.5 Å². The molecule has 1 saturated carbocycles. The van der Waals surface area contributed by atoms with Crippen LogP contribution in [0.1, 0.15) is 58.8 Å².